The van der Waals surface area contributed by atoms with Crippen LogP contribution in [0.5, 0.6) is 0 Å². The molecular weight excluding hydrogens is 294 g/mol. The molecule has 5 nitrogen and oxygen atoms in total. The quantitative estimate of drug-likeness (QED) is 0.771. The number of nitrogens with one attached hydrogen (secondary N) is 1. The Labute approximate surface area is 137 Å². The molecule has 1 aromatic rings. The number of carboxylic acids is 1. The zero-order valence-corrected chi connectivity index (χ0v) is 13.4. The summed E-state index contributed by atoms with van der Waals surface area (Å²) >= 11 is 0. The van der Waals surface area contributed by atoms with Crippen LogP contribution in [0.2, 0.25) is 0 Å². The van der Waals surface area contributed by atoms with Crippen molar-refractivity contribution < 1.29 is 19.4 Å². The van der Waals surface area contributed by atoms with Crippen molar-refractivity contribution in [2.75, 3.05) is 13.2 Å². The molecule has 1 aromatic carbocycles. The van der Waals surface area contributed by atoms with E-state index in [9.17, 15) is 14.7 Å². The lowest BCUT2D eigenvalue weighted by Crippen LogP contribution is -2.34. The van der Waals surface area contributed by atoms with Gasteiger partial charge in [-0.15, -0.1) is 0 Å². The predicted molar refractivity (Wildman–Crippen MR) is 87.1 cm³/mol. The lowest BCUT2D eigenvalue weighted by Gasteiger charge is -2.22. The zero-order valence-electron chi connectivity index (χ0n) is 13.4. The van der Waals surface area contributed by atoms with Crippen LogP contribution in [0, 0.1) is 5.92 Å². The molecule has 126 valence electrons. The molecule has 0 bridgehead atoms. The Kier molecular flexibility index (Phi) is 7.07. The fourth-order valence-corrected chi connectivity index (χ4v) is 2.80. The summed E-state index contributed by atoms with van der Waals surface area (Å²) < 4.78 is 5.60. The van der Waals surface area contributed by atoms with Crippen LogP contribution in [0.15, 0.2) is 30.3 Å². The topological polar surface area (TPSA) is 75.6 Å². The van der Waals surface area contributed by atoms with Crippen molar-refractivity contribution in [1.29, 1.82) is 0 Å². The Hall–Kier alpha value is -1.88. The molecule has 2 atom stereocenters. The standard InChI is InChI=1S/C18H25NO4/c20-17(10-9-16-8-4-5-11-23-16)19-13-15(18(21)22)12-14-6-2-1-3-7-14/h1-3,6-7,15-16H,4-5,8-13H2,(H,19,20)(H,21,22). The Balaban J connectivity index is 1.72. The number of rotatable bonds is 8. The van der Waals surface area contributed by atoms with Crippen molar-refractivity contribution in [2.24, 2.45) is 5.92 Å². The van der Waals surface area contributed by atoms with Gasteiger partial charge < -0.3 is 15.2 Å². The van der Waals surface area contributed by atoms with Gasteiger partial charge >= 0.3 is 5.97 Å². The molecule has 0 aromatic heterocycles. The first-order chi connectivity index (χ1) is 11.1. The van der Waals surface area contributed by atoms with E-state index in [0.717, 1.165) is 31.4 Å². The molecule has 1 saturated heterocycles. The van der Waals surface area contributed by atoms with Crippen molar-refractivity contribution in [3.63, 3.8) is 0 Å². The van der Waals surface area contributed by atoms with Gasteiger partial charge in [-0.25, -0.2) is 0 Å². The van der Waals surface area contributed by atoms with Gasteiger partial charge in [0.05, 0.1) is 12.0 Å². The summed E-state index contributed by atoms with van der Waals surface area (Å²) in [6, 6.07) is 9.47. The Bertz CT molecular complexity index is 497. The van der Waals surface area contributed by atoms with Crippen LogP contribution in [0.1, 0.15) is 37.7 Å². The normalized spacial score (nSPS) is 19.0. The average Bonchev–Trinajstić information content (AvgIpc) is 2.58. The highest BCUT2D eigenvalue weighted by Gasteiger charge is 2.20. The van der Waals surface area contributed by atoms with Gasteiger partial charge in [0, 0.05) is 19.6 Å². The maximum absolute atomic E-state index is 11.9. The molecule has 2 N–H and O–H groups in total. The first-order valence-electron chi connectivity index (χ1n) is 8.30. The van der Waals surface area contributed by atoms with Gasteiger partial charge in [0.15, 0.2) is 0 Å². The fourth-order valence-electron chi connectivity index (χ4n) is 2.80. The molecule has 0 aliphatic carbocycles. The molecule has 5 heteroatoms. The number of ether oxygens (including phenoxy) is 1. The molecule has 0 saturated carbocycles. The second-order valence-corrected chi connectivity index (χ2v) is 6.06. The highest BCUT2D eigenvalue weighted by Crippen LogP contribution is 2.17. The van der Waals surface area contributed by atoms with Gasteiger partial charge in [-0.05, 0) is 37.7 Å². The van der Waals surface area contributed by atoms with Crippen LogP contribution in [0.25, 0.3) is 0 Å². The molecule has 1 amide bonds. The second-order valence-electron chi connectivity index (χ2n) is 6.06. The first-order valence-corrected chi connectivity index (χ1v) is 8.30. The van der Waals surface area contributed by atoms with Crippen LogP contribution in [0.4, 0.5) is 0 Å². The number of aliphatic carboxylic acids is 1. The van der Waals surface area contributed by atoms with E-state index in [-0.39, 0.29) is 18.6 Å². The van der Waals surface area contributed by atoms with E-state index in [1.165, 1.54) is 0 Å². The number of amides is 1. The van der Waals surface area contributed by atoms with Crippen molar-refractivity contribution >= 4 is 11.9 Å². The van der Waals surface area contributed by atoms with Crippen molar-refractivity contribution in [2.45, 2.75) is 44.6 Å². The SMILES string of the molecule is O=C(CCC1CCCCO1)NCC(Cc1ccccc1)C(=O)O. The summed E-state index contributed by atoms with van der Waals surface area (Å²) in [6.07, 6.45) is 4.97. The van der Waals surface area contributed by atoms with E-state index in [4.69, 9.17) is 4.74 Å². The molecule has 0 radical (unpaired) electrons. The van der Waals surface area contributed by atoms with E-state index in [2.05, 4.69) is 5.32 Å². The minimum absolute atomic E-state index is 0.0986. The Morgan fingerprint density at radius 1 is 1.26 bits per heavy atom. The van der Waals surface area contributed by atoms with Gasteiger partial charge in [-0.1, -0.05) is 30.3 Å². The number of benzene rings is 1. The number of hydrogen-bond acceptors (Lipinski definition) is 3. The summed E-state index contributed by atoms with van der Waals surface area (Å²) in [5, 5.41) is 12.1. The van der Waals surface area contributed by atoms with Gasteiger partial charge in [0.1, 0.15) is 0 Å². The van der Waals surface area contributed by atoms with Crippen LogP contribution >= 0.6 is 0 Å². The summed E-state index contributed by atoms with van der Waals surface area (Å²) in [5.74, 6) is -1.59. The Morgan fingerprint density at radius 2 is 2.04 bits per heavy atom. The van der Waals surface area contributed by atoms with Crippen LogP contribution in [-0.4, -0.2) is 36.2 Å². The summed E-state index contributed by atoms with van der Waals surface area (Å²) in [4.78, 5) is 23.3. The third-order valence-electron chi connectivity index (χ3n) is 4.19. The lowest BCUT2D eigenvalue weighted by molar-refractivity contribution is -0.141. The van der Waals surface area contributed by atoms with Crippen molar-refractivity contribution in [3.8, 4) is 0 Å². The van der Waals surface area contributed by atoms with Crippen LogP contribution < -0.4 is 5.32 Å². The molecule has 2 unspecified atom stereocenters. The minimum Gasteiger partial charge on any atom is -0.481 e. The van der Waals surface area contributed by atoms with Gasteiger partial charge in [-0.3, -0.25) is 9.59 Å². The molecule has 2 rings (SSSR count). The van der Waals surface area contributed by atoms with E-state index in [1.807, 2.05) is 30.3 Å². The van der Waals surface area contributed by atoms with Crippen LogP contribution in [0.3, 0.4) is 0 Å². The van der Waals surface area contributed by atoms with Crippen LogP contribution in [-0.2, 0) is 20.7 Å². The van der Waals surface area contributed by atoms with Gasteiger partial charge in [0.2, 0.25) is 5.91 Å². The zero-order chi connectivity index (χ0) is 16.5. The molecule has 23 heavy (non-hydrogen) atoms. The minimum atomic E-state index is -0.884. The maximum Gasteiger partial charge on any atom is 0.308 e. The van der Waals surface area contributed by atoms with Crippen molar-refractivity contribution in [1.82, 2.24) is 5.32 Å². The van der Waals surface area contributed by atoms with Gasteiger partial charge in [-0.2, -0.15) is 0 Å². The largest absolute Gasteiger partial charge is 0.481 e. The van der Waals surface area contributed by atoms with E-state index >= 15 is 0 Å². The smallest absolute Gasteiger partial charge is 0.308 e. The third kappa shape index (κ3) is 6.40. The number of hydrogen-bond donors (Lipinski definition) is 2. The molecule has 1 fully saturated rings. The fraction of sp³-hybridized carbons (Fsp3) is 0.556. The predicted octanol–water partition coefficient (Wildman–Crippen LogP) is 2.40. The highest BCUT2D eigenvalue weighted by molar-refractivity contribution is 5.77. The lowest BCUT2D eigenvalue weighted by atomic mass is 9.99. The third-order valence-corrected chi connectivity index (χ3v) is 4.19. The van der Waals surface area contributed by atoms with E-state index in [1.54, 1.807) is 0 Å². The number of carbonyl (C=O) groups excluding carboxylic acids is 1. The molecule has 1 aliphatic rings. The molecule has 1 heterocycles. The molecule has 0 spiro atoms. The molecule has 1 aliphatic heterocycles. The molecular formula is C18H25NO4. The van der Waals surface area contributed by atoms with Gasteiger partial charge in [0.25, 0.3) is 0 Å². The highest BCUT2D eigenvalue weighted by atomic mass is 16.5. The summed E-state index contributed by atoms with van der Waals surface area (Å²) in [6.45, 7) is 0.943. The van der Waals surface area contributed by atoms with E-state index in [0.29, 0.717) is 19.3 Å². The Morgan fingerprint density at radius 3 is 2.70 bits per heavy atom. The average molecular weight is 319 g/mol. The second kappa shape index (κ2) is 9.30. The first kappa shape index (κ1) is 17.5. The monoisotopic (exact) mass is 319 g/mol. The van der Waals surface area contributed by atoms with Crippen molar-refractivity contribution in [3.05, 3.63) is 35.9 Å². The summed E-state index contributed by atoms with van der Waals surface area (Å²) in [5.41, 5.74) is 0.963. The number of carboxylic acid groups (broad SMARTS) is 1. The maximum atomic E-state index is 11.9. The number of carbonyl (C=O) groups is 2. The van der Waals surface area contributed by atoms with E-state index < -0.39 is 11.9 Å². The summed E-state index contributed by atoms with van der Waals surface area (Å²) in [7, 11) is 0.